The van der Waals surface area contributed by atoms with E-state index in [1.54, 1.807) is 12.3 Å². The van der Waals surface area contributed by atoms with Gasteiger partial charge in [0.25, 0.3) is 5.91 Å². The quantitative estimate of drug-likeness (QED) is 0.761. The SMILES string of the molecule is CC1(Nc2ncc(N)cc2C(N)=O)CCCCC1. The number of hydrogen-bond donors (Lipinski definition) is 3. The van der Waals surface area contributed by atoms with E-state index in [2.05, 4.69) is 17.2 Å². The maximum absolute atomic E-state index is 11.4. The van der Waals surface area contributed by atoms with Crippen LogP contribution in [0.25, 0.3) is 0 Å². The smallest absolute Gasteiger partial charge is 0.252 e. The summed E-state index contributed by atoms with van der Waals surface area (Å²) in [6, 6.07) is 1.57. The third kappa shape index (κ3) is 2.72. The van der Waals surface area contributed by atoms with Crippen LogP contribution in [0.3, 0.4) is 0 Å². The highest BCUT2D eigenvalue weighted by Gasteiger charge is 2.28. The summed E-state index contributed by atoms with van der Waals surface area (Å²) in [5.74, 6) is 0.0396. The second kappa shape index (κ2) is 4.84. The van der Waals surface area contributed by atoms with Crippen molar-refractivity contribution in [3.63, 3.8) is 0 Å². The molecule has 1 aromatic heterocycles. The number of carbonyl (C=O) groups is 1. The number of anilines is 2. The van der Waals surface area contributed by atoms with Gasteiger partial charge in [0.1, 0.15) is 5.82 Å². The Hall–Kier alpha value is -1.78. The summed E-state index contributed by atoms with van der Waals surface area (Å²) >= 11 is 0. The predicted octanol–water partition coefficient (Wildman–Crippen LogP) is 1.90. The number of hydrogen-bond acceptors (Lipinski definition) is 4. The number of rotatable bonds is 3. The lowest BCUT2D eigenvalue weighted by Gasteiger charge is -2.35. The third-order valence-corrected chi connectivity index (χ3v) is 3.55. The van der Waals surface area contributed by atoms with E-state index in [4.69, 9.17) is 11.5 Å². The van der Waals surface area contributed by atoms with E-state index in [1.165, 1.54) is 19.3 Å². The summed E-state index contributed by atoms with van der Waals surface area (Å²) in [5.41, 5.74) is 11.8. The zero-order valence-corrected chi connectivity index (χ0v) is 10.7. The summed E-state index contributed by atoms with van der Waals surface area (Å²) < 4.78 is 0. The van der Waals surface area contributed by atoms with Gasteiger partial charge in [-0.3, -0.25) is 4.79 Å². The number of aromatic nitrogens is 1. The lowest BCUT2D eigenvalue weighted by molar-refractivity contribution is 0.100. The van der Waals surface area contributed by atoms with Gasteiger partial charge in [-0.2, -0.15) is 0 Å². The second-order valence-corrected chi connectivity index (χ2v) is 5.28. The molecule has 1 amide bonds. The summed E-state index contributed by atoms with van der Waals surface area (Å²) in [5, 5.41) is 3.37. The van der Waals surface area contributed by atoms with Gasteiger partial charge in [-0.25, -0.2) is 4.98 Å². The van der Waals surface area contributed by atoms with Crippen molar-refractivity contribution in [2.45, 2.75) is 44.6 Å². The fourth-order valence-corrected chi connectivity index (χ4v) is 2.51. The number of pyridine rings is 1. The fourth-order valence-electron chi connectivity index (χ4n) is 2.51. The maximum Gasteiger partial charge on any atom is 0.252 e. The molecule has 5 heteroatoms. The zero-order chi connectivity index (χ0) is 13.2. The maximum atomic E-state index is 11.4. The molecule has 2 rings (SSSR count). The van der Waals surface area contributed by atoms with Crippen LogP contribution in [0.15, 0.2) is 12.3 Å². The molecule has 1 aliphatic rings. The minimum absolute atomic E-state index is 0.00837. The number of nitrogens with two attached hydrogens (primary N) is 2. The highest BCUT2D eigenvalue weighted by Crippen LogP contribution is 2.31. The Morgan fingerprint density at radius 2 is 2.06 bits per heavy atom. The van der Waals surface area contributed by atoms with Crippen molar-refractivity contribution in [1.82, 2.24) is 4.98 Å². The van der Waals surface area contributed by atoms with E-state index in [-0.39, 0.29) is 5.54 Å². The van der Waals surface area contributed by atoms with E-state index < -0.39 is 5.91 Å². The van der Waals surface area contributed by atoms with E-state index in [0.717, 1.165) is 12.8 Å². The first-order valence-electron chi connectivity index (χ1n) is 6.34. The minimum atomic E-state index is -0.503. The normalized spacial score (nSPS) is 18.3. The summed E-state index contributed by atoms with van der Waals surface area (Å²) in [4.78, 5) is 15.6. The largest absolute Gasteiger partial charge is 0.397 e. The van der Waals surface area contributed by atoms with Crippen LogP contribution >= 0.6 is 0 Å². The number of carbonyl (C=O) groups excluding carboxylic acids is 1. The molecule has 0 spiro atoms. The number of nitrogens with one attached hydrogen (secondary N) is 1. The molecule has 1 heterocycles. The van der Waals surface area contributed by atoms with Crippen molar-refractivity contribution in [3.05, 3.63) is 17.8 Å². The van der Waals surface area contributed by atoms with Crippen LogP contribution in [0.4, 0.5) is 11.5 Å². The van der Waals surface area contributed by atoms with Crippen LogP contribution in [0.2, 0.25) is 0 Å². The van der Waals surface area contributed by atoms with Gasteiger partial charge in [-0.1, -0.05) is 19.3 Å². The number of nitrogen functional groups attached to an aromatic ring is 1. The van der Waals surface area contributed by atoms with Crippen molar-refractivity contribution in [2.24, 2.45) is 5.73 Å². The van der Waals surface area contributed by atoms with Crippen molar-refractivity contribution in [1.29, 1.82) is 0 Å². The molecule has 0 aromatic carbocycles. The van der Waals surface area contributed by atoms with Crippen molar-refractivity contribution in [2.75, 3.05) is 11.1 Å². The summed E-state index contributed by atoms with van der Waals surface area (Å²) in [6.45, 7) is 2.16. The van der Waals surface area contributed by atoms with Gasteiger partial charge >= 0.3 is 0 Å². The molecule has 5 N–H and O–H groups in total. The molecule has 1 fully saturated rings. The Morgan fingerprint density at radius 1 is 1.39 bits per heavy atom. The van der Waals surface area contributed by atoms with Crippen molar-refractivity contribution >= 4 is 17.4 Å². The highest BCUT2D eigenvalue weighted by atomic mass is 16.1. The van der Waals surface area contributed by atoms with Gasteiger partial charge in [0.2, 0.25) is 0 Å². The lowest BCUT2D eigenvalue weighted by Crippen LogP contribution is -2.38. The van der Waals surface area contributed by atoms with Crippen LogP contribution in [0.1, 0.15) is 49.4 Å². The molecule has 0 bridgehead atoms. The van der Waals surface area contributed by atoms with Gasteiger partial charge in [-0.05, 0) is 25.8 Å². The number of nitrogens with zero attached hydrogens (tertiary/aromatic N) is 1. The monoisotopic (exact) mass is 248 g/mol. The standard InChI is InChI=1S/C13H20N4O/c1-13(5-3-2-4-6-13)17-12-10(11(15)18)7-9(14)8-16-12/h7-8H,2-6,14H2,1H3,(H2,15,18)(H,16,17). The third-order valence-electron chi connectivity index (χ3n) is 3.55. The van der Waals surface area contributed by atoms with Crippen LogP contribution in [0, 0.1) is 0 Å². The number of amides is 1. The van der Waals surface area contributed by atoms with Gasteiger partial charge in [0, 0.05) is 5.54 Å². The van der Waals surface area contributed by atoms with Gasteiger partial charge < -0.3 is 16.8 Å². The van der Waals surface area contributed by atoms with E-state index >= 15 is 0 Å². The summed E-state index contributed by atoms with van der Waals surface area (Å²) in [7, 11) is 0. The Balaban J connectivity index is 2.25. The molecule has 5 nitrogen and oxygen atoms in total. The van der Waals surface area contributed by atoms with E-state index in [1.807, 2.05) is 0 Å². The van der Waals surface area contributed by atoms with E-state index in [0.29, 0.717) is 17.1 Å². The zero-order valence-electron chi connectivity index (χ0n) is 10.7. The Labute approximate surface area is 107 Å². The number of primary amides is 1. The Bertz CT molecular complexity index is 452. The van der Waals surface area contributed by atoms with Crippen LogP contribution in [0.5, 0.6) is 0 Å². The molecule has 98 valence electrons. The first-order chi connectivity index (χ1) is 8.50. The van der Waals surface area contributed by atoms with Crippen LogP contribution in [-0.4, -0.2) is 16.4 Å². The predicted molar refractivity (Wildman–Crippen MR) is 72.3 cm³/mol. The first kappa shape index (κ1) is 12.7. The minimum Gasteiger partial charge on any atom is -0.397 e. The molecule has 0 aliphatic heterocycles. The second-order valence-electron chi connectivity index (χ2n) is 5.28. The van der Waals surface area contributed by atoms with Crippen LogP contribution < -0.4 is 16.8 Å². The molecule has 0 radical (unpaired) electrons. The Morgan fingerprint density at radius 3 is 2.67 bits per heavy atom. The average Bonchev–Trinajstić information content (AvgIpc) is 2.32. The molecule has 1 saturated carbocycles. The van der Waals surface area contributed by atoms with Crippen LogP contribution in [-0.2, 0) is 0 Å². The van der Waals surface area contributed by atoms with Crippen molar-refractivity contribution in [3.8, 4) is 0 Å². The highest BCUT2D eigenvalue weighted by molar-refractivity contribution is 5.98. The molecule has 0 atom stereocenters. The Kier molecular flexibility index (Phi) is 3.41. The topological polar surface area (TPSA) is 94.0 Å². The van der Waals surface area contributed by atoms with Crippen molar-refractivity contribution < 1.29 is 4.79 Å². The lowest BCUT2D eigenvalue weighted by atomic mass is 9.83. The molecule has 1 aromatic rings. The molecule has 18 heavy (non-hydrogen) atoms. The average molecular weight is 248 g/mol. The summed E-state index contributed by atoms with van der Waals surface area (Å²) in [6.07, 6.45) is 7.37. The van der Waals surface area contributed by atoms with E-state index in [9.17, 15) is 4.79 Å². The molecule has 0 unspecified atom stereocenters. The molecule has 1 aliphatic carbocycles. The van der Waals surface area contributed by atoms with Gasteiger partial charge in [0.05, 0.1) is 17.4 Å². The fraction of sp³-hybridized carbons (Fsp3) is 0.538. The van der Waals surface area contributed by atoms with Gasteiger partial charge in [0.15, 0.2) is 0 Å². The first-order valence-corrected chi connectivity index (χ1v) is 6.34. The van der Waals surface area contributed by atoms with Gasteiger partial charge in [-0.15, -0.1) is 0 Å². The molecular weight excluding hydrogens is 228 g/mol. The molecule has 0 saturated heterocycles. The molecular formula is C13H20N4O.